The van der Waals surface area contributed by atoms with Gasteiger partial charge < -0.3 is 14.6 Å². The number of methoxy groups -OCH3 is 1. The van der Waals surface area contributed by atoms with Crippen molar-refractivity contribution in [3.05, 3.63) is 53.9 Å². The number of amides is 1. The molecule has 0 saturated carbocycles. The van der Waals surface area contributed by atoms with Crippen LogP contribution in [0.15, 0.2) is 47.0 Å². The number of anilines is 1. The van der Waals surface area contributed by atoms with Crippen LogP contribution in [-0.2, 0) is 0 Å². The molecule has 3 aromatic rings. The van der Waals surface area contributed by atoms with E-state index in [0.29, 0.717) is 11.4 Å². The monoisotopic (exact) mass is 282 g/mol. The molecular formula is C16H14N2O3. The fourth-order valence-electron chi connectivity index (χ4n) is 2.22. The number of nitrogens with one attached hydrogen (secondary N) is 1. The van der Waals surface area contributed by atoms with E-state index in [1.165, 1.54) is 0 Å². The molecule has 0 aliphatic carbocycles. The number of aromatic nitrogens is 1. The summed E-state index contributed by atoms with van der Waals surface area (Å²) in [6, 6.07) is 13.0. The topological polar surface area (TPSA) is 64.4 Å². The quantitative estimate of drug-likeness (QED) is 0.799. The highest BCUT2D eigenvalue weighted by Gasteiger charge is 2.13. The zero-order valence-corrected chi connectivity index (χ0v) is 11.7. The molecule has 0 saturated heterocycles. The molecule has 3 rings (SSSR count). The second-order valence-corrected chi connectivity index (χ2v) is 4.64. The summed E-state index contributed by atoms with van der Waals surface area (Å²) in [4.78, 5) is 12.2. The Bertz CT molecular complexity index is 808. The van der Waals surface area contributed by atoms with Crippen LogP contribution in [-0.4, -0.2) is 18.2 Å². The molecule has 0 aliphatic heterocycles. The maximum atomic E-state index is 12.2. The van der Waals surface area contributed by atoms with Crippen molar-refractivity contribution in [2.75, 3.05) is 12.4 Å². The number of aryl methyl sites for hydroxylation is 1. The molecule has 0 bridgehead atoms. The summed E-state index contributed by atoms with van der Waals surface area (Å²) in [6.45, 7) is 1.74. The zero-order chi connectivity index (χ0) is 14.8. The van der Waals surface area contributed by atoms with Crippen LogP contribution in [0.25, 0.3) is 10.8 Å². The van der Waals surface area contributed by atoms with Crippen LogP contribution in [0.2, 0.25) is 0 Å². The first-order valence-electron chi connectivity index (χ1n) is 6.49. The Kier molecular flexibility index (Phi) is 3.31. The van der Waals surface area contributed by atoms with Gasteiger partial charge in [0, 0.05) is 22.5 Å². The van der Waals surface area contributed by atoms with Crippen LogP contribution in [0.1, 0.15) is 16.2 Å². The third kappa shape index (κ3) is 2.45. The first-order chi connectivity index (χ1) is 10.2. The molecule has 1 aromatic heterocycles. The van der Waals surface area contributed by atoms with Gasteiger partial charge >= 0.3 is 0 Å². The molecule has 1 amide bonds. The van der Waals surface area contributed by atoms with Crippen molar-refractivity contribution in [1.82, 2.24) is 5.16 Å². The molecule has 1 heterocycles. The number of nitrogens with zero attached hydrogens (tertiary/aromatic N) is 1. The summed E-state index contributed by atoms with van der Waals surface area (Å²) < 4.78 is 10.3. The van der Waals surface area contributed by atoms with Crippen molar-refractivity contribution >= 4 is 22.4 Å². The third-order valence-corrected chi connectivity index (χ3v) is 3.21. The van der Waals surface area contributed by atoms with E-state index < -0.39 is 0 Å². The summed E-state index contributed by atoms with van der Waals surface area (Å²) in [5.41, 5.74) is 0.962. The lowest BCUT2D eigenvalue weighted by Gasteiger charge is -2.10. The van der Waals surface area contributed by atoms with Crippen molar-refractivity contribution in [2.24, 2.45) is 0 Å². The second-order valence-electron chi connectivity index (χ2n) is 4.64. The third-order valence-electron chi connectivity index (χ3n) is 3.21. The Morgan fingerprint density at radius 1 is 1.19 bits per heavy atom. The Morgan fingerprint density at radius 3 is 2.62 bits per heavy atom. The number of hydrogen-bond donors (Lipinski definition) is 1. The van der Waals surface area contributed by atoms with Gasteiger partial charge in [0.1, 0.15) is 11.5 Å². The number of benzene rings is 2. The zero-order valence-electron chi connectivity index (χ0n) is 11.7. The Balaban J connectivity index is 1.99. The fraction of sp³-hybridized carbons (Fsp3) is 0.125. The van der Waals surface area contributed by atoms with Crippen LogP contribution < -0.4 is 10.1 Å². The van der Waals surface area contributed by atoms with E-state index in [0.717, 1.165) is 16.5 Å². The highest BCUT2D eigenvalue weighted by Crippen LogP contribution is 2.31. The second kappa shape index (κ2) is 5.28. The van der Waals surface area contributed by atoms with Crippen LogP contribution in [0.5, 0.6) is 5.75 Å². The van der Waals surface area contributed by atoms with Crippen LogP contribution >= 0.6 is 0 Å². The number of ether oxygens (including phenoxy) is 1. The van der Waals surface area contributed by atoms with E-state index in [-0.39, 0.29) is 11.6 Å². The highest BCUT2D eigenvalue weighted by molar-refractivity contribution is 6.09. The average Bonchev–Trinajstić information content (AvgIpc) is 2.94. The molecule has 21 heavy (non-hydrogen) atoms. The van der Waals surface area contributed by atoms with Crippen LogP contribution in [0.3, 0.4) is 0 Å². The van der Waals surface area contributed by atoms with Crippen LogP contribution in [0, 0.1) is 6.92 Å². The van der Waals surface area contributed by atoms with Gasteiger partial charge in [-0.05, 0) is 19.1 Å². The molecule has 0 aliphatic rings. The smallest absolute Gasteiger partial charge is 0.277 e. The Labute approximate surface area is 121 Å². The lowest BCUT2D eigenvalue weighted by atomic mass is 10.1. The van der Waals surface area contributed by atoms with Gasteiger partial charge in [-0.1, -0.05) is 29.4 Å². The number of rotatable bonds is 3. The van der Waals surface area contributed by atoms with E-state index in [9.17, 15) is 4.79 Å². The summed E-state index contributed by atoms with van der Waals surface area (Å²) in [6.07, 6.45) is 0. The molecule has 0 atom stereocenters. The maximum absolute atomic E-state index is 12.2. The van der Waals surface area contributed by atoms with E-state index in [2.05, 4.69) is 10.5 Å². The number of hydrogen-bond acceptors (Lipinski definition) is 4. The van der Waals surface area contributed by atoms with E-state index >= 15 is 0 Å². The maximum Gasteiger partial charge on any atom is 0.277 e. The summed E-state index contributed by atoms with van der Waals surface area (Å²) in [5, 5.41) is 8.41. The Hall–Kier alpha value is -2.82. The highest BCUT2D eigenvalue weighted by atomic mass is 16.5. The molecule has 0 spiro atoms. The molecule has 2 aromatic carbocycles. The van der Waals surface area contributed by atoms with Gasteiger partial charge in [0.05, 0.1) is 7.11 Å². The SMILES string of the molecule is COc1ccc(NC(=O)c2cc(C)on2)c2ccccc12. The lowest BCUT2D eigenvalue weighted by molar-refractivity contribution is 0.101. The summed E-state index contributed by atoms with van der Waals surface area (Å²) in [5.74, 6) is 1.06. The number of carbonyl (C=O) groups is 1. The van der Waals surface area contributed by atoms with Gasteiger partial charge in [-0.2, -0.15) is 0 Å². The predicted molar refractivity (Wildman–Crippen MR) is 79.7 cm³/mol. The predicted octanol–water partition coefficient (Wildman–Crippen LogP) is 3.40. The first-order valence-corrected chi connectivity index (χ1v) is 6.49. The summed E-state index contributed by atoms with van der Waals surface area (Å²) >= 11 is 0. The number of carbonyl (C=O) groups excluding carboxylic acids is 1. The van der Waals surface area contributed by atoms with Gasteiger partial charge in [0.15, 0.2) is 5.69 Å². The standard InChI is InChI=1S/C16H14N2O3/c1-10-9-14(18-21-10)16(19)17-13-7-8-15(20-2)12-6-4-3-5-11(12)13/h3-9H,1-2H3,(H,17,19). The fourth-order valence-corrected chi connectivity index (χ4v) is 2.22. The largest absolute Gasteiger partial charge is 0.496 e. The van der Waals surface area contributed by atoms with E-state index in [1.54, 1.807) is 20.1 Å². The van der Waals surface area contributed by atoms with Gasteiger partial charge in [0.25, 0.3) is 5.91 Å². The summed E-state index contributed by atoms with van der Waals surface area (Å²) in [7, 11) is 1.62. The van der Waals surface area contributed by atoms with Gasteiger partial charge in [-0.15, -0.1) is 0 Å². The van der Waals surface area contributed by atoms with Crippen molar-refractivity contribution in [3.63, 3.8) is 0 Å². The molecule has 5 nitrogen and oxygen atoms in total. The van der Waals surface area contributed by atoms with Crippen LogP contribution in [0.4, 0.5) is 5.69 Å². The lowest BCUT2D eigenvalue weighted by Crippen LogP contribution is -2.12. The average molecular weight is 282 g/mol. The van der Waals surface area contributed by atoms with Crippen molar-refractivity contribution in [3.8, 4) is 5.75 Å². The minimum absolute atomic E-state index is 0.257. The van der Waals surface area contributed by atoms with Crippen molar-refractivity contribution < 1.29 is 14.1 Å². The molecular weight excluding hydrogens is 268 g/mol. The van der Waals surface area contributed by atoms with E-state index in [4.69, 9.17) is 9.26 Å². The van der Waals surface area contributed by atoms with Gasteiger partial charge in [0.2, 0.25) is 0 Å². The van der Waals surface area contributed by atoms with Gasteiger partial charge in [-0.25, -0.2) is 0 Å². The first kappa shape index (κ1) is 13.2. The minimum atomic E-state index is -0.304. The minimum Gasteiger partial charge on any atom is -0.496 e. The molecule has 1 N–H and O–H groups in total. The molecule has 0 unspecified atom stereocenters. The normalized spacial score (nSPS) is 10.6. The Morgan fingerprint density at radius 2 is 1.95 bits per heavy atom. The van der Waals surface area contributed by atoms with Crippen molar-refractivity contribution in [2.45, 2.75) is 6.92 Å². The molecule has 5 heteroatoms. The van der Waals surface area contributed by atoms with Crippen molar-refractivity contribution in [1.29, 1.82) is 0 Å². The van der Waals surface area contributed by atoms with E-state index in [1.807, 2.05) is 36.4 Å². The molecule has 0 radical (unpaired) electrons. The molecule has 106 valence electrons. The number of fused-ring (bicyclic) bond motifs is 1. The van der Waals surface area contributed by atoms with Gasteiger partial charge in [-0.3, -0.25) is 4.79 Å². The molecule has 0 fully saturated rings.